The van der Waals surface area contributed by atoms with Gasteiger partial charge in [-0.3, -0.25) is 0 Å². The molecule has 13 heavy (non-hydrogen) atoms. The van der Waals surface area contributed by atoms with Gasteiger partial charge in [0.15, 0.2) is 0 Å². The van der Waals surface area contributed by atoms with Crippen LogP contribution < -0.4 is 5.73 Å². The number of benzene rings is 1. The van der Waals surface area contributed by atoms with E-state index in [1.54, 1.807) is 6.07 Å². The second-order valence-electron chi connectivity index (χ2n) is 2.66. The van der Waals surface area contributed by atoms with Crippen LogP contribution >= 0.6 is 27.5 Å². The van der Waals surface area contributed by atoms with Gasteiger partial charge in [0.25, 0.3) is 0 Å². The summed E-state index contributed by atoms with van der Waals surface area (Å²) in [5.74, 6) is 0.440. The number of nitrogens with zero attached hydrogens (tertiary/aromatic N) is 1. The van der Waals surface area contributed by atoms with Crippen molar-refractivity contribution >= 4 is 44.3 Å². The molecule has 0 aliphatic rings. The van der Waals surface area contributed by atoms with E-state index in [1.165, 1.54) is 0 Å². The molecule has 0 atom stereocenters. The minimum Gasteiger partial charge on any atom is -0.384 e. The Bertz CT molecular complexity index is 470. The maximum atomic E-state index is 6.02. The van der Waals surface area contributed by atoms with E-state index in [-0.39, 0.29) is 0 Å². The monoisotopic (exact) mass is 256 g/mol. The predicted octanol–water partition coefficient (Wildman–Crippen LogP) is 3.23. The maximum Gasteiger partial charge on any atom is 0.125 e. The van der Waals surface area contributed by atoms with Crippen LogP contribution in [0.3, 0.4) is 0 Å². The van der Waals surface area contributed by atoms with Crippen LogP contribution in [0.5, 0.6) is 0 Å². The van der Waals surface area contributed by atoms with E-state index in [9.17, 15) is 0 Å². The number of fused-ring (bicyclic) bond motifs is 1. The van der Waals surface area contributed by atoms with Gasteiger partial charge in [-0.1, -0.05) is 33.6 Å². The van der Waals surface area contributed by atoms with Crippen molar-refractivity contribution in [3.8, 4) is 0 Å². The molecule has 66 valence electrons. The van der Waals surface area contributed by atoms with Gasteiger partial charge in [0.05, 0.1) is 10.5 Å². The number of halogens is 2. The van der Waals surface area contributed by atoms with Crippen molar-refractivity contribution in [1.29, 1.82) is 0 Å². The molecule has 1 aromatic carbocycles. The van der Waals surface area contributed by atoms with Crippen LogP contribution in [0, 0.1) is 0 Å². The van der Waals surface area contributed by atoms with Gasteiger partial charge >= 0.3 is 0 Å². The zero-order valence-electron chi connectivity index (χ0n) is 6.59. The van der Waals surface area contributed by atoms with Crippen molar-refractivity contribution in [3.63, 3.8) is 0 Å². The van der Waals surface area contributed by atoms with Crippen molar-refractivity contribution in [2.24, 2.45) is 0 Å². The number of nitrogens with two attached hydrogens (primary N) is 1. The molecule has 0 saturated heterocycles. The highest BCUT2D eigenvalue weighted by Gasteiger charge is 2.04. The van der Waals surface area contributed by atoms with Crippen LogP contribution in [0.1, 0.15) is 0 Å². The Kier molecular flexibility index (Phi) is 2.14. The molecule has 0 unspecified atom stereocenters. The van der Waals surface area contributed by atoms with Crippen molar-refractivity contribution in [3.05, 3.63) is 33.8 Å². The van der Waals surface area contributed by atoms with Crippen LogP contribution in [0.4, 0.5) is 5.82 Å². The van der Waals surface area contributed by atoms with Gasteiger partial charge in [-0.25, -0.2) is 4.98 Å². The summed E-state index contributed by atoms with van der Waals surface area (Å²) < 4.78 is 0.933. The van der Waals surface area contributed by atoms with E-state index in [0.717, 1.165) is 15.4 Å². The molecule has 2 rings (SSSR count). The molecule has 1 aromatic heterocycles. The lowest BCUT2D eigenvalue weighted by atomic mass is 10.2. The Labute approximate surface area is 88.8 Å². The second kappa shape index (κ2) is 3.16. The highest BCUT2D eigenvalue weighted by atomic mass is 79.9. The summed E-state index contributed by atoms with van der Waals surface area (Å²) in [6.07, 6.45) is 0. The molecule has 0 aliphatic heterocycles. The third-order valence-corrected chi connectivity index (χ3v) is 2.71. The van der Waals surface area contributed by atoms with Crippen molar-refractivity contribution in [2.45, 2.75) is 0 Å². The Morgan fingerprint density at radius 1 is 1.38 bits per heavy atom. The number of aromatic nitrogens is 1. The summed E-state index contributed by atoms with van der Waals surface area (Å²) in [7, 11) is 0. The highest BCUT2D eigenvalue weighted by Crippen LogP contribution is 2.30. The van der Waals surface area contributed by atoms with Gasteiger partial charge in [-0.2, -0.15) is 0 Å². The van der Waals surface area contributed by atoms with Crippen LogP contribution in [0.2, 0.25) is 5.02 Å². The quantitative estimate of drug-likeness (QED) is 0.787. The lowest BCUT2D eigenvalue weighted by Crippen LogP contribution is -1.90. The molecule has 2 nitrogen and oxygen atoms in total. The number of rotatable bonds is 0. The van der Waals surface area contributed by atoms with Gasteiger partial charge < -0.3 is 5.73 Å². The first-order chi connectivity index (χ1) is 6.18. The first-order valence-electron chi connectivity index (χ1n) is 3.69. The number of hydrogen-bond acceptors (Lipinski definition) is 2. The molecule has 1 heterocycles. The van der Waals surface area contributed by atoms with Gasteiger partial charge in [0.2, 0.25) is 0 Å². The Hall–Kier alpha value is -0.800. The van der Waals surface area contributed by atoms with E-state index in [0.29, 0.717) is 10.8 Å². The summed E-state index contributed by atoms with van der Waals surface area (Å²) >= 11 is 9.42. The zero-order valence-corrected chi connectivity index (χ0v) is 8.93. The fourth-order valence-corrected chi connectivity index (χ4v) is 2.21. The third-order valence-electron chi connectivity index (χ3n) is 1.75. The summed E-state index contributed by atoms with van der Waals surface area (Å²) in [4.78, 5) is 4.16. The second-order valence-corrected chi connectivity index (χ2v) is 3.92. The smallest absolute Gasteiger partial charge is 0.125 e. The fourth-order valence-electron chi connectivity index (χ4n) is 1.22. The topological polar surface area (TPSA) is 38.9 Å². The molecule has 0 bridgehead atoms. The molecular formula is C9H6BrClN2. The molecule has 0 spiro atoms. The van der Waals surface area contributed by atoms with Crippen LogP contribution in [0.25, 0.3) is 10.9 Å². The molecule has 4 heteroatoms. The lowest BCUT2D eigenvalue weighted by Gasteiger charge is -2.03. The summed E-state index contributed by atoms with van der Waals surface area (Å²) in [6.45, 7) is 0. The van der Waals surface area contributed by atoms with E-state index in [1.807, 2.05) is 18.2 Å². The summed E-state index contributed by atoms with van der Waals surface area (Å²) in [5.41, 5.74) is 6.37. The van der Waals surface area contributed by atoms with Crippen LogP contribution in [0.15, 0.2) is 28.7 Å². The van der Waals surface area contributed by atoms with Crippen molar-refractivity contribution in [2.75, 3.05) is 5.73 Å². The Morgan fingerprint density at radius 2 is 2.15 bits per heavy atom. The maximum absolute atomic E-state index is 6.02. The average Bonchev–Trinajstić information content (AvgIpc) is 2.02. The molecule has 0 aliphatic carbocycles. The first-order valence-corrected chi connectivity index (χ1v) is 4.86. The van der Waals surface area contributed by atoms with Gasteiger partial charge in [-0.15, -0.1) is 0 Å². The lowest BCUT2D eigenvalue weighted by molar-refractivity contribution is 1.41. The van der Waals surface area contributed by atoms with E-state index >= 15 is 0 Å². The molecule has 2 N–H and O–H groups in total. The summed E-state index contributed by atoms with van der Waals surface area (Å²) in [5, 5.41) is 1.52. The largest absolute Gasteiger partial charge is 0.384 e. The average molecular weight is 258 g/mol. The van der Waals surface area contributed by atoms with Gasteiger partial charge in [0.1, 0.15) is 5.82 Å². The highest BCUT2D eigenvalue weighted by molar-refractivity contribution is 9.10. The van der Waals surface area contributed by atoms with E-state index in [4.69, 9.17) is 17.3 Å². The first kappa shape index (κ1) is 8.78. The SMILES string of the molecule is Nc1cc(Cl)c2c(Br)cccc2n1. The van der Waals surface area contributed by atoms with E-state index < -0.39 is 0 Å². The Balaban J connectivity index is 2.94. The number of anilines is 1. The van der Waals surface area contributed by atoms with Crippen molar-refractivity contribution in [1.82, 2.24) is 4.98 Å². The molecule has 0 saturated carbocycles. The molecule has 0 fully saturated rings. The summed E-state index contributed by atoms with van der Waals surface area (Å²) in [6, 6.07) is 7.35. The molecule has 2 aromatic rings. The number of pyridine rings is 1. The zero-order chi connectivity index (χ0) is 9.42. The van der Waals surface area contributed by atoms with Crippen molar-refractivity contribution < 1.29 is 0 Å². The molecule has 0 radical (unpaired) electrons. The number of hydrogen-bond donors (Lipinski definition) is 1. The van der Waals surface area contributed by atoms with Gasteiger partial charge in [0, 0.05) is 9.86 Å². The molecular weight excluding hydrogens is 251 g/mol. The van der Waals surface area contributed by atoms with Crippen LogP contribution in [-0.2, 0) is 0 Å². The standard InChI is InChI=1S/C9H6BrClN2/c10-5-2-1-3-7-9(5)6(11)4-8(12)13-7/h1-4H,(H2,12,13). The fraction of sp³-hybridized carbons (Fsp3) is 0. The number of nitrogen functional groups attached to an aromatic ring is 1. The predicted molar refractivity (Wildman–Crippen MR) is 58.9 cm³/mol. The Morgan fingerprint density at radius 3 is 2.92 bits per heavy atom. The minimum atomic E-state index is 0.440. The van der Waals surface area contributed by atoms with Gasteiger partial charge in [-0.05, 0) is 18.2 Å². The minimum absolute atomic E-state index is 0.440. The third kappa shape index (κ3) is 1.49. The van der Waals surface area contributed by atoms with Crippen LogP contribution in [-0.4, -0.2) is 4.98 Å². The normalized spacial score (nSPS) is 10.6. The van der Waals surface area contributed by atoms with E-state index in [2.05, 4.69) is 20.9 Å². The molecule has 0 amide bonds.